The maximum atomic E-state index is 13.7. The standard InChI is InChI=1S/C27H16N2O2/c30-27-21(26-19-8-3-1-6-17(19)14-15-28-26)16-31-24-11-5-9-20(25(24)27)23-13-12-18-7-2-4-10-22(18)29-23/h1-16H. The molecule has 3 aromatic carbocycles. The van der Waals surface area contributed by atoms with Crippen molar-refractivity contribution < 1.29 is 4.42 Å². The number of fused-ring (bicyclic) bond motifs is 3. The van der Waals surface area contributed by atoms with Gasteiger partial charge in [0.2, 0.25) is 5.43 Å². The second-order valence-electron chi connectivity index (χ2n) is 7.43. The first-order chi connectivity index (χ1) is 15.3. The van der Waals surface area contributed by atoms with E-state index in [0.29, 0.717) is 22.2 Å². The zero-order chi connectivity index (χ0) is 20.8. The molecule has 0 bridgehead atoms. The first kappa shape index (κ1) is 17.5. The van der Waals surface area contributed by atoms with E-state index >= 15 is 0 Å². The summed E-state index contributed by atoms with van der Waals surface area (Å²) in [6, 6.07) is 27.3. The molecule has 0 saturated carbocycles. The molecule has 4 heteroatoms. The number of hydrogen-bond donors (Lipinski definition) is 0. The first-order valence-corrected chi connectivity index (χ1v) is 10.0. The number of pyridine rings is 2. The van der Waals surface area contributed by atoms with Gasteiger partial charge in [-0.25, -0.2) is 4.98 Å². The van der Waals surface area contributed by atoms with Gasteiger partial charge >= 0.3 is 0 Å². The second-order valence-corrected chi connectivity index (χ2v) is 7.43. The molecule has 0 aliphatic heterocycles. The van der Waals surface area contributed by atoms with Crippen molar-refractivity contribution in [3.8, 4) is 22.5 Å². The lowest BCUT2D eigenvalue weighted by Gasteiger charge is -2.09. The van der Waals surface area contributed by atoms with E-state index in [0.717, 1.165) is 32.9 Å². The number of nitrogens with zero attached hydrogens (tertiary/aromatic N) is 2. The van der Waals surface area contributed by atoms with Gasteiger partial charge in [-0.2, -0.15) is 0 Å². The zero-order valence-electron chi connectivity index (χ0n) is 16.4. The molecule has 4 nitrogen and oxygen atoms in total. The van der Waals surface area contributed by atoms with Gasteiger partial charge in [-0.05, 0) is 29.7 Å². The fraction of sp³-hybridized carbons (Fsp3) is 0. The molecule has 0 unspecified atom stereocenters. The van der Waals surface area contributed by atoms with Crippen molar-refractivity contribution in [1.29, 1.82) is 0 Å². The van der Waals surface area contributed by atoms with Crippen molar-refractivity contribution in [1.82, 2.24) is 9.97 Å². The van der Waals surface area contributed by atoms with Crippen LogP contribution in [-0.2, 0) is 0 Å². The number of para-hydroxylation sites is 1. The minimum absolute atomic E-state index is 0.115. The van der Waals surface area contributed by atoms with Gasteiger partial charge in [-0.15, -0.1) is 0 Å². The fourth-order valence-electron chi connectivity index (χ4n) is 4.10. The van der Waals surface area contributed by atoms with Crippen molar-refractivity contribution in [3.05, 3.63) is 108 Å². The molecule has 0 radical (unpaired) electrons. The van der Waals surface area contributed by atoms with Gasteiger partial charge < -0.3 is 4.42 Å². The summed E-state index contributed by atoms with van der Waals surface area (Å²) in [5, 5.41) is 3.51. The van der Waals surface area contributed by atoms with Gasteiger partial charge in [0.15, 0.2) is 0 Å². The van der Waals surface area contributed by atoms with Gasteiger partial charge in [0.1, 0.15) is 11.8 Å². The SMILES string of the molecule is O=c1c(-c2nccc3ccccc23)coc2cccc(-c3ccc4ccccc4n3)c12. The molecule has 0 aliphatic carbocycles. The molecule has 3 aromatic heterocycles. The Morgan fingerprint density at radius 2 is 1.55 bits per heavy atom. The third-order valence-corrected chi connectivity index (χ3v) is 5.60. The summed E-state index contributed by atoms with van der Waals surface area (Å²) < 4.78 is 5.91. The molecule has 0 saturated heterocycles. The minimum Gasteiger partial charge on any atom is -0.463 e. The summed E-state index contributed by atoms with van der Waals surface area (Å²) in [5.74, 6) is 0. The second kappa shape index (κ2) is 6.89. The Morgan fingerprint density at radius 1 is 0.710 bits per heavy atom. The highest BCUT2D eigenvalue weighted by Crippen LogP contribution is 2.30. The fourth-order valence-corrected chi connectivity index (χ4v) is 4.10. The Balaban J connectivity index is 1.65. The quantitative estimate of drug-likeness (QED) is 0.346. The highest BCUT2D eigenvalue weighted by Gasteiger charge is 2.17. The Bertz CT molecular complexity index is 1660. The molecule has 0 spiro atoms. The molecule has 0 fully saturated rings. The van der Waals surface area contributed by atoms with Crippen LogP contribution in [0.15, 0.2) is 107 Å². The monoisotopic (exact) mass is 400 g/mol. The van der Waals surface area contributed by atoms with Crippen molar-refractivity contribution in [2.45, 2.75) is 0 Å². The third-order valence-electron chi connectivity index (χ3n) is 5.60. The first-order valence-electron chi connectivity index (χ1n) is 10.0. The van der Waals surface area contributed by atoms with Crippen LogP contribution in [0.1, 0.15) is 0 Å². The molecular formula is C27H16N2O2. The topological polar surface area (TPSA) is 56.0 Å². The largest absolute Gasteiger partial charge is 0.463 e. The van der Waals surface area contributed by atoms with E-state index in [1.165, 1.54) is 6.26 Å². The molecule has 0 N–H and O–H groups in total. The van der Waals surface area contributed by atoms with Crippen LogP contribution in [-0.4, -0.2) is 9.97 Å². The maximum absolute atomic E-state index is 13.7. The van der Waals surface area contributed by atoms with Crippen LogP contribution in [0.2, 0.25) is 0 Å². The lowest BCUT2D eigenvalue weighted by Crippen LogP contribution is -2.07. The zero-order valence-corrected chi connectivity index (χ0v) is 16.4. The van der Waals surface area contributed by atoms with Gasteiger partial charge in [-0.1, -0.05) is 60.7 Å². The summed E-state index contributed by atoms with van der Waals surface area (Å²) in [7, 11) is 0. The lowest BCUT2D eigenvalue weighted by atomic mass is 10.00. The van der Waals surface area contributed by atoms with Crippen LogP contribution < -0.4 is 5.43 Å². The van der Waals surface area contributed by atoms with E-state index in [-0.39, 0.29) is 5.43 Å². The van der Waals surface area contributed by atoms with Crippen molar-refractivity contribution in [2.75, 3.05) is 0 Å². The Morgan fingerprint density at radius 3 is 2.48 bits per heavy atom. The lowest BCUT2D eigenvalue weighted by molar-refractivity contribution is 0.604. The van der Waals surface area contributed by atoms with Crippen LogP contribution in [0.5, 0.6) is 0 Å². The van der Waals surface area contributed by atoms with Crippen LogP contribution >= 0.6 is 0 Å². The van der Waals surface area contributed by atoms with Gasteiger partial charge in [0.25, 0.3) is 0 Å². The van der Waals surface area contributed by atoms with E-state index < -0.39 is 0 Å². The molecule has 31 heavy (non-hydrogen) atoms. The Labute approximate surface area is 177 Å². The van der Waals surface area contributed by atoms with Crippen molar-refractivity contribution in [2.24, 2.45) is 0 Å². The molecule has 6 aromatic rings. The van der Waals surface area contributed by atoms with Crippen LogP contribution in [0, 0.1) is 0 Å². The summed E-state index contributed by atoms with van der Waals surface area (Å²) in [6.45, 7) is 0. The van der Waals surface area contributed by atoms with E-state index in [4.69, 9.17) is 9.40 Å². The average Bonchev–Trinajstić information content (AvgIpc) is 2.83. The molecule has 6 rings (SSSR count). The number of benzene rings is 3. The van der Waals surface area contributed by atoms with Crippen LogP contribution in [0.25, 0.3) is 55.2 Å². The third kappa shape index (κ3) is 2.81. The van der Waals surface area contributed by atoms with Crippen molar-refractivity contribution >= 4 is 32.6 Å². The van der Waals surface area contributed by atoms with E-state index in [2.05, 4.69) is 4.98 Å². The molecule has 0 amide bonds. The van der Waals surface area contributed by atoms with Gasteiger partial charge in [-0.3, -0.25) is 9.78 Å². The average molecular weight is 400 g/mol. The van der Waals surface area contributed by atoms with E-state index in [1.807, 2.05) is 84.9 Å². The van der Waals surface area contributed by atoms with E-state index in [9.17, 15) is 4.79 Å². The summed E-state index contributed by atoms with van der Waals surface area (Å²) in [4.78, 5) is 23.0. The highest BCUT2D eigenvalue weighted by atomic mass is 16.3. The number of aromatic nitrogens is 2. The van der Waals surface area contributed by atoms with Gasteiger partial charge in [0, 0.05) is 22.5 Å². The normalized spacial score (nSPS) is 11.4. The molecule has 146 valence electrons. The smallest absolute Gasteiger partial charge is 0.202 e. The van der Waals surface area contributed by atoms with Gasteiger partial charge in [0.05, 0.1) is 27.9 Å². The highest BCUT2D eigenvalue weighted by molar-refractivity contribution is 5.99. The van der Waals surface area contributed by atoms with Crippen molar-refractivity contribution in [3.63, 3.8) is 0 Å². The number of hydrogen-bond acceptors (Lipinski definition) is 4. The molecule has 3 heterocycles. The molecule has 0 aliphatic rings. The predicted octanol–water partition coefficient (Wildman–Crippen LogP) is 6.22. The number of rotatable bonds is 2. The maximum Gasteiger partial charge on any atom is 0.202 e. The molecule has 0 atom stereocenters. The Kier molecular flexibility index (Phi) is 3.90. The van der Waals surface area contributed by atoms with Crippen LogP contribution in [0.4, 0.5) is 0 Å². The van der Waals surface area contributed by atoms with Crippen LogP contribution in [0.3, 0.4) is 0 Å². The minimum atomic E-state index is -0.115. The van der Waals surface area contributed by atoms with E-state index in [1.54, 1.807) is 6.20 Å². The summed E-state index contributed by atoms with van der Waals surface area (Å²) in [5.41, 5.74) is 3.84. The summed E-state index contributed by atoms with van der Waals surface area (Å²) >= 11 is 0. The predicted molar refractivity (Wildman–Crippen MR) is 124 cm³/mol. The Hall–Kier alpha value is -4.31. The summed E-state index contributed by atoms with van der Waals surface area (Å²) in [6.07, 6.45) is 3.23. The molecular weight excluding hydrogens is 384 g/mol.